The SMILES string of the molecule is Nc1nc(SCC(=O)NC2CCOCC2)nc2sccc12. The molecule has 0 unspecified atom stereocenters. The van der Waals surface area contributed by atoms with Gasteiger partial charge in [-0.15, -0.1) is 11.3 Å². The molecule has 21 heavy (non-hydrogen) atoms. The highest BCUT2D eigenvalue weighted by Crippen LogP contribution is 2.26. The molecule has 0 bridgehead atoms. The zero-order valence-electron chi connectivity index (χ0n) is 11.4. The van der Waals surface area contributed by atoms with Crippen LogP contribution in [0.1, 0.15) is 12.8 Å². The number of thiophene rings is 1. The largest absolute Gasteiger partial charge is 0.383 e. The highest BCUT2D eigenvalue weighted by molar-refractivity contribution is 7.99. The van der Waals surface area contributed by atoms with Gasteiger partial charge in [0.05, 0.1) is 11.1 Å². The van der Waals surface area contributed by atoms with Crippen LogP contribution in [0.2, 0.25) is 0 Å². The van der Waals surface area contributed by atoms with Gasteiger partial charge in [0, 0.05) is 19.3 Å². The number of hydrogen-bond donors (Lipinski definition) is 2. The van der Waals surface area contributed by atoms with E-state index in [4.69, 9.17) is 10.5 Å². The molecule has 0 spiro atoms. The molecule has 3 heterocycles. The van der Waals surface area contributed by atoms with E-state index >= 15 is 0 Å². The lowest BCUT2D eigenvalue weighted by Crippen LogP contribution is -2.39. The second kappa shape index (κ2) is 6.59. The van der Waals surface area contributed by atoms with Crippen molar-refractivity contribution in [1.82, 2.24) is 15.3 Å². The maximum atomic E-state index is 11.9. The lowest BCUT2D eigenvalue weighted by atomic mass is 10.1. The average molecular weight is 324 g/mol. The van der Waals surface area contributed by atoms with Gasteiger partial charge >= 0.3 is 0 Å². The van der Waals surface area contributed by atoms with Gasteiger partial charge in [-0.25, -0.2) is 9.97 Å². The summed E-state index contributed by atoms with van der Waals surface area (Å²) in [6.45, 7) is 1.43. The number of anilines is 1. The Kier molecular flexibility index (Phi) is 4.57. The molecule has 1 amide bonds. The molecule has 3 N–H and O–H groups in total. The van der Waals surface area contributed by atoms with E-state index in [0.717, 1.165) is 23.1 Å². The molecule has 0 aliphatic carbocycles. The van der Waals surface area contributed by atoms with Crippen LogP contribution in [0.15, 0.2) is 16.6 Å². The van der Waals surface area contributed by atoms with Crippen molar-refractivity contribution < 1.29 is 9.53 Å². The smallest absolute Gasteiger partial charge is 0.230 e. The number of nitrogens with zero attached hydrogens (tertiary/aromatic N) is 2. The number of nitrogens with one attached hydrogen (secondary N) is 1. The fourth-order valence-electron chi connectivity index (χ4n) is 2.16. The van der Waals surface area contributed by atoms with Gasteiger partial charge in [-0.05, 0) is 24.3 Å². The van der Waals surface area contributed by atoms with Crippen molar-refractivity contribution in [1.29, 1.82) is 0 Å². The summed E-state index contributed by atoms with van der Waals surface area (Å²) >= 11 is 2.83. The number of nitrogen functional groups attached to an aromatic ring is 1. The van der Waals surface area contributed by atoms with E-state index in [-0.39, 0.29) is 11.9 Å². The Morgan fingerprint density at radius 3 is 3.10 bits per heavy atom. The van der Waals surface area contributed by atoms with E-state index in [9.17, 15) is 4.79 Å². The van der Waals surface area contributed by atoms with E-state index in [1.165, 1.54) is 23.1 Å². The normalized spacial score (nSPS) is 16.2. The third-order valence-corrected chi connectivity index (χ3v) is 4.91. The van der Waals surface area contributed by atoms with Crippen molar-refractivity contribution in [2.75, 3.05) is 24.7 Å². The van der Waals surface area contributed by atoms with Gasteiger partial charge in [0.2, 0.25) is 5.91 Å². The molecule has 1 saturated heterocycles. The van der Waals surface area contributed by atoms with E-state index in [0.29, 0.717) is 29.9 Å². The van der Waals surface area contributed by atoms with Crippen molar-refractivity contribution in [3.05, 3.63) is 11.4 Å². The molecule has 1 aliphatic heterocycles. The Morgan fingerprint density at radius 1 is 1.48 bits per heavy atom. The average Bonchev–Trinajstić information content (AvgIpc) is 2.95. The Labute approximate surface area is 130 Å². The first-order chi connectivity index (χ1) is 10.2. The van der Waals surface area contributed by atoms with E-state index in [2.05, 4.69) is 15.3 Å². The molecule has 6 nitrogen and oxygen atoms in total. The molecular weight excluding hydrogens is 308 g/mol. The first-order valence-electron chi connectivity index (χ1n) is 6.73. The van der Waals surface area contributed by atoms with Crippen LogP contribution in [-0.4, -0.2) is 40.9 Å². The molecule has 3 rings (SSSR count). The van der Waals surface area contributed by atoms with E-state index < -0.39 is 0 Å². The fraction of sp³-hybridized carbons (Fsp3) is 0.462. The van der Waals surface area contributed by atoms with Gasteiger partial charge in [0.25, 0.3) is 0 Å². The predicted molar refractivity (Wildman–Crippen MR) is 84.5 cm³/mol. The number of rotatable bonds is 4. The molecule has 0 aromatic carbocycles. The number of nitrogens with two attached hydrogens (primary N) is 1. The number of carbonyl (C=O) groups excluding carboxylic acids is 1. The summed E-state index contributed by atoms with van der Waals surface area (Å²) in [5, 5.41) is 6.36. The van der Waals surface area contributed by atoms with Gasteiger partial charge in [0.1, 0.15) is 10.6 Å². The molecule has 0 saturated carbocycles. The number of aromatic nitrogens is 2. The van der Waals surface area contributed by atoms with Crippen molar-refractivity contribution in [3.8, 4) is 0 Å². The maximum Gasteiger partial charge on any atom is 0.230 e. The Morgan fingerprint density at radius 2 is 2.29 bits per heavy atom. The van der Waals surface area contributed by atoms with Gasteiger partial charge < -0.3 is 15.8 Å². The summed E-state index contributed by atoms with van der Waals surface area (Å²) in [5.41, 5.74) is 5.89. The van der Waals surface area contributed by atoms with Crippen LogP contribution < -0.4 is 11.1 Å². The Balaban J connectivity index is 1.56. The monoisotopic (exact) mass is 324 g/mol. The summed E-state index contributed by atoms with van der Waals surface area (Å²) in [5.74, 6) is 0.766. The minimum atomic E-state index is 0.000322. The Bertz CT molecular complexity index is 640. The zero-order chi connectivity index (χ0) is 14.7. The molecule has 112 valence electrons. The number of ether oxygens (including phenoxy) is 1. The van der Waals surface area contributed by atoms with Crippen molar-refractivity contribution in [2.45, 2.75) is 24.0 Å². The fourth-order valence-corrected chi connectivity index (χ4v) is 3.66. The van der Waals surface area contributed by atoms with Crippen LogP contribution in [0.5, 0.6) is 0 Å². The molecule has 2 aromatic rings. The standard InChI is InChI=1S/C13H16N4O2S2/c14-11-9-3-6-20-12(9)17-13(16-11)21-7-10(18)15-8-1-4-19-5-2-8/h3,6,8H,1-2,4-5,7H2,(H,15,18)(H2,14,16,17). The summed E-state index contributed by atoms with van der Waals surface area (Å²) in [6.07, 6.45) is 1.75. The molecule has 1 aliphatic rings. The number of carbonyl (C=O) groups is 1. The lowest BCUT2D eigenvalue weighted by Gasteiger charge is -2.22. The number of amides is 1. The van der Waals surface area contributed by atoms with Gasteiger partial charge in [-0.3, -0.25) is 4.79 Å². The van der Waals surface area contributed by atoms with Crippen LogP contribution in [-0.2, 0) is 9.53 Å². The molecule has 2 aromatic heterocycles. The second-order valence-corrected chi connectivity index (χ2v) is 6.61. The van der Waals surface area contributed by atoms with Crippen LogP contribution in [0, 0.1) is 0 Å². The van der Waals surface area contributed by atoms with Crippen molar-refractivity contribution in [2.24, 2.45) is 0 Å². The number of fused-ring (bicyclic) bond motifs is 1. The summed E-state index contributed by atoms with van der Waals surface area (Å²) < 4.78 is 5.27. The first-order valence-corrected chi connectivity index (χ1v) is 8.59. The summed E-state index contributed by atoms with van der Waals surface area (Å²) in [4.78, 5) is 21.4. The number of hydrogen-bond acceptors (Lipinski definition) is 7. The molecule has 0 radical (unpaired) electrons. The minimum absolute atomic E-state index is 0.000322. The van der Waals surface area contributed by atoms with E-state index in [1.54, 1.807) is 0 Å². The minimum Gasteiger partial charge on any atom is -0.383 e. The third-order valence-electron chi connectivity index (χ3n) is 3.25. The third kappa shape index (κ3) is 3.63. The van der Waals surface area contributed by atoms with Crippen LogP contribution in [0.3, 0.4) is 0 Å². The van der Waals surface area contributed by atoms with Crippen LogP contribution in [0.25, 0.3) is 10.2 Å². The summed E-state index contributed by atoms with van der Waals surface area (Å²) in [6, 6.07) is 2.12. The molecule has 8 heteroatoms. The predicted octanol–water partition coefficient (Wildman–Crippen LogP) is 1.66. The number of thioether (sulfide) groups is 1. The quantitative estimate of drug-likeness (QED) is 0.657. The highest BCUT2D eigenvalue weighted by atomic mass is 32.2. The van der Waals surface area contributed by atoms with Crippen molar-refractivity contribution >= 4 is 45.0 Å². The Hall–Kier alpha value is -1.38. The van der Waals surface area contributed by atoms with Gasteiger partial charge in [-0.2, -0.15) is 0 Å². The maximum absolute atomic E-state index is 11.9. The van der Waals surface area contributed by atoms with Gasteiger partial charge in [-0.1, -0.05) is 11.8 Å². The summed E-state index contributed by atoms with van der Waals surface area (Å²) in [7, 11) is 0. The topological polar surface area (TPSA) is 90.1 Å². The first kappa shape index (κ1) is 14.6. The van der Waals surface area contributed by atoms with E-state index in [1.807, 2.05) is 11.4 Å². The second-order valence-electron chi connectivity index (χ2n) is 4.77. The lowest BCUT2D eigenvalue weighted by molar-refractivity contribution is -0.119. The molecule has 0 atom stereocenters. The van der Waals surface area contributed by atoms with Crippen LogP contribution in [0.4, 0.5) is 5.82 Å². The molecular formula is C13H16N4O2S2. The highest BCUT2D eigenvalue weighted by Gasteiger charge is 2.16. The van der Waals surface area contributed by atoms with Crippen molar-refractivity contribution in [3.63, 3.8) is 0 Å². The molecule has 1 fully saturated rings. The zero-order valence-corrected chi connectivity index (χ0v) is 13.0. The van der Waals surface area contributed by atoms with Gasteiger partial charge in [0.15, 0.2) is 5.16 Å². The van der Waals surface area contributed by atoms with Crippen LogP contribution >= 0.6 is 23.1 Å².